The fourth-order valence-electron chi connectivity index (χ4n) is 2.88. The lowest BCUT2D eigenvalue weighted by Gasteiger charge is -2.51. The fraction of sp³-hybridized carbons (Fsp3) is 0.611. The van der Waals surface area contributed by atoms with Crippen molar-refractivity contribution in [1.82, 2.24) is 10.2 Å². The third-order valence-corrected chi connectivity index (χ3v) is 4.56. The molecule has 1 heterocycles. The quantitative estimate of drug-likeness (QED) is 0.907. The van der Waals surface area contributed by atoms with Gasteiger partial charge >= 0.3 is 0 Å². The molecule has 1 saturated heterocycles. The Bertz CT molecular complexity index is 517. The third-order valence-electron chi connectivity index (χ3n) is 4.56. The van der Waals surface area contributed by atoms with E-state index in [9.17, 15) is 4.79 Å². The predicted molar refractivity (Wildman–Crippen MR) is 87.3 cm³/mol. The fourth-order valence-corrected chi connectivity index (χ4v) is 2.88. The van der Waals surface area contributed by atoms with Crippen LogP contribution in [0.25, 0.3) is 0 Å². The molecule has 1 aliphatic heterocycles. The number of nitrogens with one attached hydrogen (secondary N) is 1. The second-order valence-electron chi connectivity index (χ2n) is 7.93. The lowest BCUT2D eigenvalue weighted by molar-refractivity contribution is -0.145. The van der Waals surface area contributed by atoms with Crippen LogP contribution in [0, 0.1) is 0 Å². The zero-order chi connectivity index (χ0) is 15.9. The normalized spacial score (nSPS) is 21.1. The molecule has 1 N–H and O–H groups in total. The van der Waals surface area contributed by atoms with Crippen molar-refractivity contribution in [3.05, 3.63) is 35.9 Å². The number of piperazine rings is 1. The van der Waals surface area contributed by atoms with E-state index >= 15 is 0 Å². The summed E-state index contributed by atoms with van der Waals surface area (Å²) in [5, 5.41) is 3.53. The molecule has 1 aromatic rings. The molecule has 21 heavy (non-hydrogen) atoms. The van der Waals surface area contributed by atoms with Gasteiger partial charge in [0.05, 0.1) is 5.41 Å². The van der Waals surface area contributed by atoms with Crippen LogP contribution < -0.4 is 5.32 Å². The van der Waals surface area contributed by atoms with E-state index in [0.717, 1.165) is 18.7 Å². The van der Waals surface area contributed by atoms with Gasteiger partial charge in [-0.2, -0.15) is 0 Å². The highest BCUT2D eigenvalue weighted by Crippen LogP contribution is 2.32. The van der Waals surface area contributed by atoms with Crippen molar-refractivity contribution in [2.75, 3.05) is 13.1 Å². The second kappa shape index (κ2) is 5.13. The number of hydrogen-bond acceptors (Lipinski definition) is 2. The number of nitrogens with zero attached hydrogens (tertiary/aromatic N) is 1. The van der Waals surface area contributed by atoms with Gasteiger partial charge < -0.3 is 10.2 Å². The van der Waals surface area contributed by atoms with Gasteiger partial charge in [-0.05, 0) is 47.1 Å². The maximum Gasteiger partial charge on any atom is 0.233 e. The zero-order valence-corrected chi connectivity index (χ0v) is 14.2. The van der Waals surface area contributed by atoms with Crippen LogP contribution in [-0.4, -0.2) is 35.0 Å². The number of benzene rings is 1. The highest BCUT2D eigenvalue weighted by Gasteiger charge is 2.45. The van der Waals surface area contributed by atoms with Crippen molar-refractivity contribution in [2.45, 2.75) is 58.0 Å². The van der Waals surface area contributed by atoms with Gasteiger partial charge in [-0.25, -0.2) is 0 Å². The summed E-state index contributed by atoms with van der Waals surface area (Å²) in [6.45, 7) is 14.2. The minimum absolute atomic E-state index is 0.0437. The average molecular weight is 288 g/mol. The van der Waals surface area contributed by atoms with Crippen molar-refractivity contribution in [3.8, 4) is 0 Å². The van der Waals surface area contributed by atoms with Crippen LogP contribution in [0.5, 0.6) is 0 Å². The molecule has 0 aliphatic carbocycles. The van der Waals surface area contributed by atoms with Crippen LogP contribution in [0.2, 0.25) is 0 Å². The van der Waals surface area contributed by atoms with Gasteiger partial charge in [0.1, 0.15) is 0 Å². The summed E-state index contributed by atoms with van der Waals surface area (Å²) in [6.07, 6.45) is 0. The van der Waals surface area contributed by atoms with Gasteiger partial charge in [0.25, 0.3) is 0 Å². The highest BCUT2D eigenvalue weighted by molar-refractivity contribution is 5.88. The molecule has 3 heteroatoms. The lowest BCUT2D eigenvalue weighted by Crippen LogP contribution is -2.69. The summed E-state index contributed by atoms with van der Waals surface area (Å²) < 4.78 is 0. The van der Waals surface area contributed by atoms with E-state index in [2.05, 4.69) is 37.9 Å². The third kappa shape index (κ3) is 3.13. The number of hydrogen-bond donors (Lipinski definition) is 1. The van der Waals surface area contributed by atoms with Crippen LogP contribution in [-0.2, 0) is 10.2 Å². The van der Waals surface area contributed by atoms with E-state index in [1.54, 1.807) is 0 Å². The van der Waals surface area contributed by atoms with Gasteiger partial charge in [0.15, 0.2) is 0 Å². The first-order chi connectivity index (χ1) is 9.56. The first-order valence-corrected chi connectivity index (χ1v) is 7.69. The van der Waals surface area contributed by atoms with E-state index in [4.69, 9.17) is 0 Å². The number of carbonyl (C=O) groups excluding carboxylic acids is 1. The molecular formula is C18H28N2O. The standard InChI is InChI=1S/C18H28N2O/c1-16(2)13-20(17(3,4)12-19-16)15(21)18(5,6)14-10-8-7-9-11-14/h7-11,19H,12-13H2,1-6H3. The van der Waals surface area contributed by atoms with E-state index in [1.165, 1.54) is 0 Å². The minimum atomic E-state index is -0.508. The van der Waals surface area contributed by atoms with Crippen molar-refractivity contribution in [3.63, 3.8) is 0 Å². The van der Waals surface area contributed by atoms with Crippen LogP contribution in [0.3, 0.4) is 0 Å². The van der Waals surface area contributed by atoms with Crippen LogP contribution in [0.1, 0.15) is 47.1 Å². The largest absolute Gasteiger partial charge is 0.334 e. The number of rotatable bonds is 2. The van der Waals surface area contributed by atoms with Crippen molar-refractivity contribution >= 4 is 5.91 Å². The Morgan fingerprint density at radius 1 is 1.14 bits per heavy atom. The van der Waals surface area contributed by atoms with Crippen molar-refractivity contribution in [1.29, 1.82) is 0 Å². The molecule has 0 atom stereocenters. The Hall–Kier alpha value is -1.35. The molecule has 0 aromatic heterocycles. The molecule has 0 unspecified atom stereocenters. The summed E-state index contributed by atoms with van der Waals surface area (Å²) in [6, 6.07) is 10.1. The number of carbonyl (C=O) groups is 1. The molecule has 116 valence electrons. The van der Waals surface area contributed by atoms with Crippen LogP contribution >= 0.6 is 0 Å². The SMILES string of the molecule is CC1(C)CN(C(=O)C(C)(C)c2ccccc2)C(C)(C)CN1. The lowest BCUT2D eigenvalue weighted by atomic mass is 9.80. The van der Waals surface area contributed by atoms with E-state index in [-0.39, 0.29) is 17.0 Å². The summed E-state index contributed by atoms with van der Waals surface area (Å²) in [5.74, 6) is 0.202. The molecule has 3 nitrogen and oxygen atoms in total. The summed E-state index contributed by atoms with van der Waals surface area (Å²) in [7, 11) is 0. The molecule has 0 bridgehead atoms. The van der Waals surface area contributed by atoms with Crippen molar-refractivity contribution < 1.29 is 4.79 Å². The van der Waals surface area contributed by atoms with Crippen LogP contribution in [0.15, 0.2) is 30.3 Å². The first-order valence-electron chi connectivity index (χ1n) is 7.69. The topological polar surface area (TPSA) is 32.3 Å². The Kier molecular flexibility index (Phi) is 3.92. The Balaban J connectivity index is 2.33. The molecule has 1 aromatic carbocycles. The van der Waals surface area contributed by atoms with Crippen LogP contribution in [0.4, 0.5) is 0 Å². The van der Waals surface area contributed by atoms with Gasteiger partial charge in [-0.1, -0.05) is 30.3 Å². The Morgan fingerprint density at radius 2 is 1.71 bits per heavy atom. The Morgan fingerprint density at radius 3 is 2.29 bits per heavy atom. The molecule has 1 aliphatic rings. The van der Waals surface area contributed by atoms with E-state index < -0.39 is 5.41 Å². The first kappa shape index (κ1) is 16.0. The molecular weight excluding hydrogens is 260 g/mol. The molecule has 0 radical (unpaired) electrons. The summed E-state index contributed by atoms with van der Waals surface area (Å²) in [4.78, 5) is 15.3. The minimum Gasteiger partial charge on any atom is -0.334 e. The van der Waals surface area contributed by atoms with Gasteiger partial charge in [-0.15, -0.1) is 0 Å². The van der Waals surface area contributed by atoms with Gasteiger partial charge in [-0.3, -0.25) is 4.79 Å². The molecule has 2 rings (SSSR count). The summed E-state index contributed by atoms with van der Waals surface area (Å²) in [5.41, 5.74) is 0.352. The maximum absolute atomic E-state index is 13.2. The molecule has 1 amide bonds. The maximum atomic E-state index is 13.2. The second-order valence-corrected chi connectivity index (χ2v) is 7.93. The molecule has 0 spiro atoms. The Labute approximate surface area is 128 Å². The van der Waals surface area contributed by atoms with Gasteiger partial charge in [0.2, 0.25) is 5.91 Å². The van der Waals surface area contributed by atoms with E-state index in [0.29, 0.717) is 0 Å². The van der Waals surface area contributed by atoms with Crippen molar-refractivity contribution in [2.24, 2.45) is 0 Å². The molecule has 1 fully saturated rings. The average Bonchev–Trinajstić information content (AvgIpc) is 2.42. The smallest absolute Gasteiger partial charge is 0.233 e. The molecule has 0 saturated carbocycles. The highest BCUT2D eigenvalue weighted by atomic mass is 16.2. The van der Waals surface area contributed by atoms with E-state index in [1.807, 2.05) is 44.2 Å². The monoisotopic (exact) mass is 288 g/mol. The van der Waals surface area contributed by atoms with Gasteiger partial charge in [0, 0.05) is 24.2 Å². The zero-order valence-electron chi connectivity index (χ0n) is 14.2. The summed E-state index contributed by atoms with van der Waals surface area (Å²) >= 11 is 0. The number of amides is 1. The predicted octanol–water partition coefficient (Wildman–Crippen LogP) is 2.95.